The Hall–Kier alpha value is -0.280. The van der Waals surface area contributed by atoms with Crippen LogP contribution in [0.15, 0.2) is 0 Å². The van der Waals surface area contributed by atoms with Gasteiger partial charge in [-0.2, -0.15) is 0 Å². The van der Waals surface area contributed by atoms with E-state index in [1.165, 1.54) is 19.3 Å². The maximum Gasteiger partial charge on any atom is 0.222 e. The van der Waals surface area contributed by atoms with Gasteiger partial charge in [-0.25, -0.2) is 0 Å². The van der Waals surface area contributed by atoms with Gasteiger partial charge in [0.05, 0.1) is 0 Å². The molecule has 0 spiro atoms. The zero-order chi connectivity index (χ0) is 10.9. The number of hydrogen-bond donors (Lipinski definition) is 1. The summed E-state index contributed by atoms with van der Waals surface area (Å²) in [5.74, 6) is 1.04. The van der Waals surface area contributed by atoms with Crippen LogP contribution in [0.1, 0.15) is 39.0 Å². The highest BCUT2D eigenvalue weighted by Crippen LogP contribution is 2.33. The largest absolute Gasteiger partial charge is 0.342 e. The molecule has 4 heteroatoms. The minimum atomic E-state index is 0. The second kappa shape index (κ2) is 5.37. The molecule has 2 aliphatic rings. The Morgan fingerprint density at radius 1 is 1.50 bits per heavy atom. The molecule has 2 fully saturated rings. The molecule has 2 N–H and O–H groups in total. The first-order chi connectivity index (χ1) is 7.13. The Balaban J connectivity index is 0.00000128. The van der Waals surface area contributed by atoms with E-state index in [0.717, 1.165) is 25.9 Å². The molecule has 1 aliphatic carbocycles. The number of rotatable bonds is 3. The van der Waals surface area contributed by atoms with Gasteiger partial charge in [0.15, 0.2) is 0 Å². The molecule has 3 nitrogen and oxygen atoms in total. The van der Waals surface area contributed by atoms with Crippen LogP contribution in [0.4, 0.5) is 0 Å². The van der Waals surface area contributed by atoms with Crippen LogP contribution in [-0.2, 0) is 4.79 Å². The van der Waals surface area contributed by atoms with Gasteiger partial charge in [-0.1, -0.05) is 13.3 Å². The van der Waals surface area contributed by atoms with Crippen LogP contribution in [0.5, 0.6) is 0 Å². The van der Waals surface area contributed by atoms with Crippen molar-refractivity contribution in [2.45, 2.75) is 39.0 Å². The summed E-state index contributed by atoms with van der Waals surface area (Å²) in [7, 11) is 0. The molecule has 0 aromatic carbocycles. The summed E-state index contributed by atoms with van der Waals surface area (Å²) < 4.78 is 0. The van der Waals surface area contributed by atoms with Gasteiger partial charge in [-0.05, 0) is 37.1 Å². The lowest BCUT2D eigenvalue weighted by molar-refractivity contribution is -0.132. The Labute approximate surface area is 104 Å². The Bertz CT molecular complexity index is 255. The standard InChI is InChI=1S/C12H22N2O.ClH/c1-12(8-13)5-6-14(9-12)11(15)7-10-3-2-4-10;/h10H,2-9,13H2,1H3;1H. The van der Waals surface area contributed by atoms with Gasteiger partial charge >= 0.3 is 0 Å². The normalized spacial score (nSPS) is 29.8. The number of amides is 1. The third-order valence-electron chi connectivity index (χ3n) is 4.09. The molecular weight excluding hydrogens is 224 g/mol. The van der Waals surface area contributed by atoms with Crippen molar-refractivity contribution in [2.24, 2.45) is 17.1 Å². The monoisotopic (exact) mass is 246 g/mol. The van der Waals surface area contributed by atoms with Gasteiger partial charge in [0, 0.05) is 19.5 Å². The summed E-state index contributed by atoms with van der Waals surface area (Å²) in [6.45, 7) is 4.66. The average Bonchev–Trinajstić information content (AvgIpc) is 2.55. The summed E-state index contributed by atoms with van der Waals surface area (Å²) in [5.41, 5.74) is 5.91. The van der Waals surface area contributed by atoms with E-state index in [2.05, 4.69) is 6.92 Å². The van der Waals surface area contributed by atoms with Crippen LogP contribution in [0.3, 0.4) is 0 Å². The van der Waals surface area contributed by atoms with Gasteiger partial charge < -0.3 is 10.6 Å². The number of halogens is 1. The first kappa shape index (κ1) is 13.8. The Kier molecular flexibility index (Phi) is 4.62. The molecule has 1 aliphatic heterocycles. The minimum Gasteiger partial charge on any atom is -0.342 e. The van der Waals surface area contributed by atoms with Crippen molar-refractivity contribution in [3.63, 3.8) is 0 Å². The highest BCUT2D eigenvalue weighted by atomic mass is 35.5. The van der Waals surface area contributed by atoms with Gasteiger partial charge in [0.1, 0.15) is 0 Å². The quantitative estimate of drug-likeness (QED) is 0.826. The third-order valence-corrected chi connectivity index (χ3v) is 4.09. The van der Waals surface area contributed by atoms with E-state index >= 15 is 0 Å². The number of hydrogen-bond acceptors (Lipinski definition) is 2. The Morgan fingerprint density at radius 3 is 2.62 bits per heavy atom. The van der Waals surface area contributed by atoms with Crippen molar-refractivity contribution < 1.29 is 4.79 Å². The number of carbonyl (C=O) groups is 1. The molecule has 0 bridgehead atoms. The lowest BCUT2D eigenvalue weighted by atomic mass is 9.82. The molecule has 1 amide bonds. The molecule has 94 valence electrons. The topological polar surface area (TPSA) is 46.3 Å². The molecule has 0 radical (unpaired) electrons. The average molecular weight is 247 g/mol. The number of carbonyl (C=O) groups excluding carboxylic acids is 1. The predicted octanol–water partition coefficient (Wildman–Crippen LogP) is 1.80. The summed E-state index contributed by atoms with van der Waals surface area (Å²) in [5, 5.41) is 0. The summed E-state index contributed by atoms with van der Waals surface area (Å²) in [4.78, 5) is 14.0. The van der Waals surface area contributed by atoms with Crippen molar-refractivity contribution in [2.75, 3.05) is 19.6 Å². The van der Waals surface area contributed by atoms with E-state index in [-0.39, 0.29) is 17.8 Å². The first-order valence-electron chi connectivity index (χ1n) is 6.11. The van der Waals surface area contributed by atoms with E-state index in [9.17, 15) is 4.79 Å². The number of likely N-dealkylation sites (tertiary alicyclic amines) is 1. The molecule has 1 saturated carbocycles. The van der Waals surface area contributed by atoms with Gasteiger partial charge in [0.25, 0.3) is 0 Å². The van der Waals surface area contributed by atoms with E-state index in [1.807, 2.05) is 4.90 Å². The van der Waals surface area contributed by atoms with E-state index < -0.39 is 0 Å². The van der Waals surface area contributed by atoms with Crippen LogP contribution in [0, 0.1) is 11.3 Å². The first-order valence-corrected chi connectivity index (χ1v) is 6.11. The van der Waals surface area contributed by atoms with Crippen molar-refractivity contribution in [3.8, 4) is 0 Å². The number of nitrogens with two attached hydrogens (primary N) is 1. The molecule has 1 atom stereocenters. The van der Waals surface area contributed by atoms with E-state index in [0.29, 0.717) is 18.4 Å². The molecular formula is C12H23ClN2O. The fraction of sp³-hybridized carbons (Fsp3) is 0.917. The fourth-order valence-corrected chi connectivity index (χ4v) is 2.48. The van der Waals surface area contributed by atoms with Crippen LogP contribution in [0.2, 0.25) is 0 Å². The van der Waals surface area contributed by atoms with Crippen LogP contribution in [-0.4, -0.2) is 30.4 Å². The SMILES string of the molecule is CC1(CN)CCN(C(=O)CC2CCC2)C1.Cl. The Morgan fingerprint density at radius 2 is 2.19 bits per heavy atom. The van der Waals surface area contributed by atoms with Gasteiger partial charge in [-0.3, -0.25) is 4.79 Å². The van der Waals surface area contributed by atoms with Crippen LogP contribution >= 0.6 is 12.4 Å². The summed E-state index contributed by atoms with van der Waals surface area (Å²) >= 11 is 0. The molecule has 2 rings (SSSR count). The highest BCUT2D eigenvalue weighted by molar-refractivity contribution is 5.85. The van der Waals surface area contributed by atoms with Crippen molar-refractivity contribution >= 4 is 18.3 Å². The molecule has 1 unspecified atom stereocenters. The van der Waals surface area contributed by atoms with Gasteiger partial charge in [-0.15, -0.1) is 12.4 Å². The molecule has 0 aromatic heterocycles. The molecule has 1 saturated heterocycles. The molecule has 16 heavy (non-hydrogen) atoms. The van der Waals surface area contributed by atoms with Crippen LogP contribution < -0.4 is 5.73 Å². The van der Waals surface area contributed by atoms with Gasteiger partial charge in [0.2, 0.25) is 5.91 Å². The van der Waals surface area contributed by atoms with E-state index in [1.54, 1.807) is 0 Å². The fourth-order valence-electron chi connectivity index (χ4n) is 2.48. The predicted molar refractivity (Wildman–Crippen MR) is 67.6 cm³/mol. The molecule has 1 heterocycles. The lowest BCUT2D eigenvalue weighted by Gasteiger charge is -2.28. The zero-order valence-corrected chi connectivity index (χ0v) is 10.9. The second-order valence-electron chi connectivity index (χ2n) is 5.58. The highest BCUT2D eigenvalue weighted by Gasteiger charge is 2.35. The van der Waals surface area contributed by atoms with Crippen molar-refractivity contribution in [3.05, 3.63) is 0 Å². The maximum absolute atomic E-state index is 11.9. The molecule has 0 aromatic rings. The summed E-state index contributed by atoms with van der Waals surface area (Å²) in [6.07, 6.45) is 5.68. The number of nitrogens with zero attached hydrogens (tertiary/aromatic N) is 1. The summed E-state index contributed by atoms with van der Waals surface area (Å²) in [6, 6.07) is 0. The second-order valence-corrected chi connectivity index (χ2v) is 5.58. The van der Waals surface area contributed by atoms with Crippen LogP contribution in [0.25, 0.3) is 0 Å². The van der Waals surface area contributed by atoms with E-state index in [4.69, 9.17) is 5.73 Å². The van der Waals surface area contributed by atoms with Crippen molar-refractivity contribution in [1.82, 2.24) is 4.90 Å². The lowest BCUT2D eigenvalue weighted by Crippen LogP contribution is -2.35. The smallest absolute Gasteiger partial charge is 0.222 e. The zero-order valence-electron chi connectivity index (χ0n) is 10.1. The van der Waals surface area contributed by atoms with Crippen molar-refractivity contribution in [1.29, 1.82) is 0 Å². The third kappa shape index (κ3) is 2.89. The maximum atomic E-state index is 11.9. The minimum absolute atomic E-state index is 0.